The highest BCUT2D eigenvalue weighted by Gasteiger charge is 2.32. The molecule has 1 heterocycles. The molecule has 19 heavy (non-hydrogen) atoms. The Morgan fingerprint density at radius 3 is 2.53 bits per heavy atom. The largest absolute Gasteiger partial charge is 0.481 e. The van der Waals surface area contributed by atoms with Crippen molar-refractivity contribution >= 4 is 27.6 Å². The molecule has 0 aliphatic carbocycles. The lowest BCUT2D eigenvalue weighted by molar-refractivity contribution is -0.137. The summed E-state index contributed by atoms with van der Waals surface area (Å²) in [6.45, 7) is 3.23. The number of carbonyl (C=O) groups is 1. The minimum Gasteiger partial charge on any atom is -0.481 e. The summed E-state index contributed by atoms with van der Waals surface area (Å²) in [4.78, 5) is 10.6. The van der Waals surface area contributed by atoms with Crippen LogP contribution < -0.4 is 0 Å². The monoisotopic (exact) mass is 309 g/mol. The molecule has 7 nitrogen and oxygen atoms in total. The van der Waals surface area contributed by atoms with Crippen molar-refractivity contribution in [3.63, 3.8) is 0 Å². The minimum absolute atomic E-state index is 0.0171. The Morgan fingerprint density at radius 2 is 2.16 bits per heavy atom. The lowest BCUT2D eigenvalue weighted by atomic mass is 10.3. The van der Waals surface area contributed by atoms with Crippen LogP contribution in [0.4, 0.5) is 0 Å². The van der Waals surface area contributed by atoms with Crippen molar-refractivity contribution in [2.75, 3.05) is 6.54 Å². The predicted octanol–water partition coefficient (Wildman–Crippen LogP) is 0.947. The SMILES string of the molecule is CC(C)N(CCC(=O)O)S(=O)(=O)c1c(Cl)cnn1C. The van der Waals surface area contributed by atoms with Crippen LogP contribution in [0.1, 0.15) is 20.3 Å². The number of hydrogen-bond acceptors (Lipinski definition) is 4. The van der Waals surface area contributed by atoms with E-state index in [-0.39, 0.29) is 29.1 Å². The normalized spacial score (nSPS) is 12.3. The number of carboxylic acids is 1. The van der Waals surface area contributed by atoms with E-state index in [0.717, 1.165) is 8.99 Å². The second-order valence-electron chi connectivity index (χ2n) is 4.27. The predicted molar refractivity (Wildman–Crippen MR) is 69.5 cm³/mol. The zero-order valence-electron chi connectivity index (χ0n) is 10.9. The molecule has 108 valence electrons. The van der Waals surface area contributed by atoms with Crippen LogP contribution in [0.3, 0.4) is 0 Å². The molecule has 0 spiro atoms. The summed E-state index contributed by atoms with van der Waals surface area (Å²) in [7, 11) is -2.41. The summed E-state index contributed by atoms with van der Waals surface area (Å²) in [6, 6.07) is -0.379. The molecule has 0 amide bonds. The molecule has 1 rings (SSSR count). The molecule has 0 atom stereocenters. The average molecular weight is 310 g/mol. The first-order valence-corrected chi connectivity index (χ1v) is 7.41. The molecular weight excluding hydrogens is 294 g/mol. The van der Waals surface area contributed by atoms with Crippen LogP contribution in [0.5, 0.6) is 0 Å². The third-order valence-corrected chi connectivity index (χ3v) is 5.10. The van der Waals surface area contributed by atoms with Gasteiger partial charge in [0.05, 0.1) is 17.6 Å². The second kappa shape index (κ2) is 5.89. The van der Waals surface area contributed by atoms with Crippen LogP contribution >= 0.6 is 11.6 Å². The van der Waals surface area contributed by atoms with Crippen molar-refractivity contribution in [1.82, 2.24) is 14.1 Å². The lowest BCUT2D eigenvalue weighted by Gasteiger charge is -2.25. The number of sulfonamides is 1. The Kier molecular flexibility index (Phi) is 4.94. The number of halogens is 1. The Morgan fingerprint density at radius 1 is 1.58 bits per heavy atom. The maximum absolute atomic E-state index is 12.5. The van der Waals surface area contributed by atoms with Gasteiger partial charge in [-0.3, -0.25) is 9.48 Å². The topological polar surface area (TPSA) is 92.5 Å². The quantitative estimate of drug-likeness (QED) is 0.844. The molecule has 0 fully saturated rings. The van der Waals surface area contributed by atoms with E-state index in [2.05, 4.69) is 5.10 Å². The van der Waals surface area contributed by atoms with E-state index in [1.807, 2.05) is 0 Å². The summed E-state index contributed by atoms with van der Waals surface area (Å²) in [5.74, 6) is -1.06. The van der Waals surface area contributed by atoms with E-state index in [4.69, 9.17) is 16.7 Å². The first-order valence-electron chi connectivity index (χ1n) is 5.59. The van der Waals surface area contributed by atoms with Gasteiger partial charge in [0.25, 0.3) is 10.0 Å². The molecule has 0 saturated heterocycles. The van der Waals surface area contributed by atoms with Crippen LogP contribution in [-0.4, -0.2) is 46.2 Å². The van der Waals surface area contributed by atoms with Gasteiger partial charge in [0.2, 0.25) is 0 Å². The second-order valence-corrected chi connectivity index (χ2v) is 6.49. The smallest absolute Gasteiger partial charge is 0.304 e. The fourth-order valence-electron chi connectivity index (χ4n) is 1.66. The third-order valence-electron chi connectivity index (χ3n) is 2.52. The Bertz CT molecular complexity index is 548. The number of carboxylic acid groups (broad SMARTS) is 1. The van der Waals surface area contributed by atoms with Crippen molar-refractivity contribution in [3.8, 4) is 0 Å². The first kappa shape index (κ1) is 15.9. The Hall–Kier alpha value is -1.12. The van der Waals surface area contributed by atoms with E-state index in [0.29, 0.717) is 0 Å². The van der Waals surface area contributed by atoms with Crippen molar-refractivity contribution in [2.24, 2.45) is 7.05 Å². The van der Waals surface area contributed by atoms with E-state index in [1.54, 1.807) is 13.8 Å². The van der Waals surface area contributed by atoms with Gasteiger partial charge in [-0.2, -0.15) is 9.40 Å². The summed E-state index contributed by atoms with van der Waals surface area (Å²) in [5, 5.41) is 12.4. The van der Waals surface area contributed by atoms with Gasteiger partial charge >= 0.3 is 5.97 Å². The molecule has 0 aliphatic heterocycles. The molecule has 0 aromatic carbocycles. The standard InChI is InChI=1S/C10H16ClN3O4S/c1-7(2)14(5-4-9(15)16)19(17,18)10-8(11)6-12-13(10)3/h6-7H,4-5H2,1-3H3,(H,15,16). The maximum atomic E-state index is 12.5. The number of nitrogens with zero attached hydrogens (tertiary/aromatic N) is 3. The van der Waals surface area contributed by atoms with Gasteiger partial charge < -0.3 is 5.11 Å². The van der Waals surface area contributed by atoms with Crippen LogP contribution in [0, 0.1) is 0 Å². The molecule has 9 heteroatoms. The fraction of sp³-hybridized carbons (Fsp3) is 0.600. The maximum Gasteiger partial charge on any atom is 0.304 e. The molecule has 1 aromatic heterocycles. The average Bonchev–Trinajstić information content (AvgIpc) is 2.57. The molecule has 0 aliphatic rings. The summed E-state index contributed by atoms with van der Waals surface area (Å²) >= 11 is 5.84. The van der Waals surface area contributed by atoms with Gasteiger partial charge in [0, 0.05) is 19.6 Å². The molecule has 0 saturated carbocycles. The van der Waals surface area contributed by atoms with Crippen LogP contribution in [0.2, 0.25) is 5.02 Å². The van der Waals surface area contributed by atoms with Gasteiger partial charge in [-0.1, -0.05) is 11.6 Å². The first-order chi connectivity index (χ1) is 8.67. The van der Waals surface area contributed by atoms with Gasteiger partial charge in [-0.25, -0.2) is 8.42 Å². The van der Waals surface area contributed by atoms with Crippen molar-refractivity contribution in [3.05, 3.63) is 11.2 Å². The van der Waals surface area contributed by atoms with E-state index in [1.165, 1.54) is 13.2 Å². The van der Waals surface area contributed by atoms with Crippen molar-refractivity contribution < 1.29 is 18.3 Å². The number of aromatic nitrogens is 2. The molecule has 1 N–H and O–H groups in total. The van der Waals surface area contributed by atoms with Gasteiger partial charge in [0.15, 0.2) is 5.03 Å². The molecule has 0 unspecified atom stereocenters. The Labute approximate surface area is 116 Å². The van der Waals surface area contributed by atoms with Gasteiger partial charge in [-0.05, 0) is 13.8 Å². The van der Waals surface area contributed by atoms with Crippen LogP contribution in [0.15, 0.2) is 11.2 Å². The summed E-state index contributed by atoms with van der Waals surface area (Å²) < 4.78 is 27.2. The molecule has 1 aromatic rings. The number of aryl methyl sites for hydroxylation is 1. The van der Waals surface area contributed by atoms with E-state index >= 15 is 0 Å². The highest BCUT2D eigenvalue weighted by atomic mass is 35.5. The highest BCUT2D eigenvalue weighted by molar-refractivity contribution is 7.89. The third kappa shape index (κ3) is 3.46. The lowest BCUT2D eigenvalue weighted by Crippen LogP contribution is -2.39. The highest BCUT2D eigenvalue weighted by Crippen LogP contribution is 2.25. The minimum atomic E-state index is -3.88. The van der Waals surface area contributed by atoms with Crippen molar-refractivity contribution in [2.45, 2.75) is 31.3 Å². The number of hydrogen-bond donors (Lipinski definition) is 1. The molecule has 0 bridgehead atoms. The summed E-state index contributed by atoms with van der Waals surface area (Å²) in [6.07, 6.45) is 0.969. The number of aliphatic carboxylic acids is 1. The van der Waals surface area contributed by atoms with Crippen LogP contribution in [0.25, 0.3) is 0 Å². The van der Waals surface area contributed by atoms with E-state index < -0.39 is 16.0 Å². The fourth-order valence-corrected chi connectivity index (χ4v) is 3.91. The molecular formula is C10H16ClN3O4S. The zero-order valence-corrected chi connectivity index (χ0v) is 12.4. The Balaban J connectivity index is 3.17. The van der Waals surface area contributed by atoms with Crippen molar-refractivity contribution in [1.29, 1.82) is 0 Å². The zero-order chi connectivity index (χ0) is 14.8. The van der Waals surface area contributed by atoms with Gasteiger partial charge in [0.1, 0.15) is 0 Å². The van der Waals surface area contributed by atoms with E-state index in [9.17, 15) is 13.2 Å². The summed E-state index contributed by atoms with van der Waals surface area (Å²) in [5.41, 5.74) is 0. The van der Waals surface area contributed by atoms with Crippen LogP contribution in [-0.2, 0) is 21.9 Å². The van der Waals surface area contributed by atoms with Gasteiger partial charge in [-0.15, -0.1) is 0 Å². The number of rotatable bonds is 6. The molecule has 0 radical (unpaired) electrons.